The van der Waals surface area contributed by atoms with Crippen molar-refractivity contribution < 1.29 is 0 Å². The molecule has 1 aromatic rings. The minimum Gasteiger partial charge on any atom is -0.325 e. The molecule has 1 aromatic heterocycles. The molecule has 4 heteroatoms. The van der Waals surface area contributed by atoms with E-state index in [1.807, 2.05) is 18.4 Å². The van der Waals surface area contributed by atoms with Gasteiger partial charge in [0, 0.05) is 25.4 Å². The first-order chi connectivity index (χ1) is 5.70. The lowest BCUT2D eigenvalue weighted by atomic mass is 10.5. The van der Waals surface area contributed by atoms with Gasteiger partial charge in [-0.3, -0.25) is 9.36 Å². The molecule has 0 unspecified atom stereocenters. The van der Waals surface area contributed by atoms with Crippen molar-refractivity contribution in [2.75, 3.05) is 0 Å². The fourth-order valence-electron chi connectivity index (χ4n) is 1.09. The average Bonchev–Trinajstić information content (AvgIpc) is 2.06. The normalized spacial score (nSPS) is 10.2. The molecule has 3 nitrogen and oxygen atoms in total. The highest BCUT2D eigenvalue weighted by atomic mass is 32.1. The van der Waals surface area contributed by atoms with E-state index in [1.54, 1.807) is 16.8 Å². The van der Waals surface area contributed by atoms with Crippen molar-refractivity contribution in [2.45, 2.75) is 26.9 Å². The van der Waals surface area contributed by atoms with Crippen LogP contribution >= 0.6 is 12.2 Å². The molecule has 0 saturated heterocycles. The van der Waals surface area contributed by atoms with E-state index in [9.17, 15) is 4.79 Å². The summed E-state index contributed by atoms with van der Waals surface area (Å²) in [6, 6.07) is 1.54. The second kappa shape index (κ2) is 3.67. The third-order valence-corrected chi connectivity index (χ3v) is 2.25. The third-order valence-electron chi connectivity index (χ3n) is 1.80. The maximum atomic E-state index is 11.2. The highest BCUT2D eigenvalue weighted by Gasteiger charge is 1.96. The Bertz CT molecular complexity index is 377. The first-order valence-corrected chi connectivity index (χ1v) is 4.41. The molecule has 0 fully saturated rings. The summed E-state index contributed by atoms with van der Waals surface area (Å²) in [5.41, 5.74) is -0.0211. The lowest BCUT2D eigenvalue weighted by Crippen LogP contribution is -2.22. The van der Waals surface area contributed by atoms with Crippen LogP contribution in [0.3, 0.4) is 0 Å². The predicted octanol–water partition coefficient (Wildman–Crippen LogP) is 1.42. The summed E-state index contributed by atoms with van der Waals surface area (Å²) in [6.45, 7) is 5.36. The van der Waals surface area contributed by atoms with Gasteiger partial charge in [0.25, 0.3) is 5.56 Å². The molecule has 0 atom stereocenters. The van der Waals surface area contributed by atoms with Crippen molar-refractivity contribution in [1.82, 2.24) is 9.13 Å². The van der Waals surface area contributed by atoms with E-state index in [0.29, 0.717) is 11.3 Å². The zero-order valence-corrected chi connectivity index (χ0v) is 8.10. The number of hydrogen-bond acceptors (Lipinski definition) is 2. The van der Waals surface area contributed by atoms with Crippen LogP contribution in [-0.2, 0) is 13.1 Å². The molecule has 0 aliphatic carbocycles. The first-order valence-electron chi connectivity index (χ1n) is 4.01. The SMILES string of the molecule is CCn1ccc(=O)n(CC)c1=S. The van der Waals surface area contributed by atoms with Crippen LogP contribution in [0.1, 0.15) is 13.8 Å². The van der Waals surface area contributed by atoms with E-state index in [1.165, 1.54) is 0 Å². The number of aryl methyl sites for hydroxylation is 1. The van der Waals surface area contributed by atoms with Gasteiger partial charge in [0.2, 0.25) is 0 Å². The Labute approximate surface area is 76.3 Å². The van der Waals surface area contributed by atoms with Crippen molar-refractivity contribution >= 4 is 12.2 Å². The molecule has 12 heavy (non-hydrogen) atoms. The van der Waals surface area contributed by atoms with Gasteiger partial charge in [-0.15, -0.1) is 0 Å². The van der Waals surface area contributed by atoms with Crippen LogP contribution in [0.15, 0.2) is 17.1 Å². The number of hydrogen-bond donors (Lipinski definition) is 0. The molecule has 0 bridgehead atoms. The van der Waals surface area contributed by atoms with E-state index < -0.39 is 0 Å². The summed E-state index contributed by atoms with van der Waals surface area (Å²) in [4.78, 5) is 11.2. The molecule has 66 valence electrons. The predicted molar refractivity (Wildman–Crippen MR) is 50.9 cm³/mol. The van der Waals surface area contributed by atoms with Gasteiger partial charge in [0.05, 0.1) is 0 Å². The maximum Gasteiger partial charge on any atom is 0.254 e. The van der Waals surface area contributed by atoms with Crippen LogP contribution in [0.25, 0.3) is 0 Å². The molecular formula is C8H12N2OS. The lowest BCUT2D eigenvalue weighted by Gasteiger charge is -2.07. The van der Waals surface area contributed by atoms with E-state index >= 15 is 0 Å². The second-order valence-corrected chi connectivity index (χ2v) is 2.83. The van der Waals surface area contributed by atoms with Gasteiger partial charge >= 0.3 is 0 Å². The fraction of sp³-hybridized carbons (Fsp3) is 0.500. The third kappa shape index (κ3) is 1.48. The molecular weight excluding hydrogens is 172 g/mol. The molecule has 1 heterocycles. The Balaban J connectivity index is 3.45. The second-order valence-electron chi connectivity index (χ2n) is 2.47. The minimum absolute atomic E-state index is 0.0211. The van der Waals surface area contributed by atoms with E-state index in [2.05, 4.69) is 0 Å². The van der Waals surface area contributed by atoms with Crippen molar-refractivity contribution in [2.24, 2.45) is 0 Å². The van der Waals surface area contributed by atoms with Crippen LogP contribution in [-0.4, -0.2) is 9.13 Å². The molecule has 0 aliphatic rings. The number of aromatic nitrogens is 2. The Morgan fingerprint density at radius 2 is 2.08 bits per heavy atom. The molecule has 0 aliphatic heterocycles. The first kappa shape index (κ1) is 9.19. The molecule has 0 aromatic carbocycles. The van der Waals surface area contributed by atoms with Crippen LogP contribution in [0.5, 0.6) is 0 Å². The summed E-state index contributed by atoms with van der Waals surface area (Å²) in [5.74, 6) is 0. The minimum atomic E-state index is -0.0211. The Morgan fingerprint density at radius 1 is 1.42 bits per heavy atom. The summed E-state index contributed by atoms with van der Waals surface area (Å²) in [7, 11) is 0. The van der Waals surface area contributed by atoms with Crippen LogP contribution in [0.2, 0.25) is 0 Å². The zero-order valence-electron chi connectivity index (χ0n) is 7.28. The van der Waals surface area contributed by atoms with E-state index in [4.69, 9.17) is 12.2 Å². The molecule has 0 amide bonds. The highest BCUT2D eigenvalue weighted by Crippen LogP contribution is 1.90. The van der Waals surface area contributed by atoms with Gasteiger partial charge < -0.3 is 4.57 Å². The number of nitrogens with zero attached hydrogens (tertiary/aromatic N) is 2. The Morgan fingerprint density at radius 3 is 2.58 bits per heavy atom. The topological polar surface area (TPSA) is 26.9 Å². The van der Waals surface area contributed by atoms with Gasteiger partial charge in [0.15, 0.2) is 4.77 Å². The van der Waals surface area contributed by atoms with Crippen molar-refractivity contribution in [1.29, 1.82) is 0 Å². The fourth-order valence-corrected chi connectivity index (χ4v) is 1.50. The molecule has 0 saturated carbocycles. The summed E-state index contributed by atoms with van der Waals surface area (Å²) < 4.78 is 4.06. The molecule has 0 N–H and O–H groups in total. The van der Waals surface area contributed by atoms with Crippen LogP contribution < -0.4 is 5.56 Å². The highest BCUT2D eigenvalue weighted by molar-refractivity contribution is 7.71. The van der Waals surface area contributed by atoms with Crippen molar-refractivity contribution in [3.8, 4) is 0 Å². The van der Waals surface area contributed by atoms with Gasteiger partial charge in [-0.1, -0.05) is 0 Å². The summed E-state index contributed by atoms with van der Waals surface area (Å²) >= 11 is 5.10. The largest absolute Gasteiger partial charge is 0.325 e. The Hall–Kier alpha value is -0.900. The Kier molecular flexibility index (Phi) is 2.81. The van der Waals surface area contributed by atoms with E-state index in [0.717, 1.165) is 6.54 Å². The molecule has 1 rings (SSSR count). The van der Waals surface area contributed by atoms with Gasteiger partial charge in [-0.2, -0.15) is 0 Å². The van der Waals surface area contributed by atoms with Gasteiger partial charge in [-0.05, 0) is 26.1 Å². The zero-order chi connectivity index (χ0) is 9.14. The standard InChI is InChI=1S/C8H12N2OS/c1-3-9-6-5-7(11)10(4-2)8(9)12/h5-6H,3-4H2,1-2H3. The molecule has 0 spiro atoms. The van der Waals surface area contributed by atoms with Gasteiger partial charge in [-0.25, -0.2) is 0 Å². The van der Waals surface area contributed by atoms with Crippen LogP contribution in [0, 0.1) is 4.77 Å². The van der Waals surface area contributed by atoms with Gasteiger partial charge in [0.1, 0.15) is 0 Å². The summed E-state index contributed by atoms with van der Waals surface area (Å²) in [5, 5.41) is 0. The smallest absolute Gasteiger partial charge is 0.254 e. The number of rotatable bonds is 2. The van der Waals surface area contributed by atoms with E-state index in [-0.39, 0.29) is 5.56 Å². The summed E-state index contributed by atoms with van der Waals surface area (Å²) in [6.07, 6.45) is 1.73. The lowest BCUT2D eigenvalue weighted by molar-refractivity contribution is 0.612. The average molecular weight is 184 g/mol. The van der Waals surface area contributed by atoms with Crippen LogP contribution in [0.4, 0.5) is 0 Å². The maximum absolute atomic E-state index is 11.2. The van der Waals surface area contributed by atoms with Crippen molar-refractivity contribution in [3.05, 3.63) is 27.4 Å². The molecule has 0 radical (unpaired) electrons. The quantitative estimate of drug-likeness (QED) is 0.650. The monoisotopic (exact) mass is 184 g/mol. The van der Waals surface area contributed by atoms with Crippen molar-refractivity contribution in [3.63, 3.8) is 0 Å².